The van der Waals surface area contributed by atoms with Crippen LogP contribution in [0.2, 0.25) is 0 Å². The van der Waals surface area contributed by atoms with Gasteiger partial charge in [0.1, 0.15) is 23.2 Å². The Bertz CT molecular complexity index is 1180. The van der Waals surface area contributed by atoms with Crippen LogP contribution in [-0.2, 0) is 0 Å². The number of hydrogen-bond donors (Lipinski definition) is 2. The Labute approximate surface area is 158 Å². The van der Waals surface area contributed by atoms with Gasteiger partial charge in [-0.1, -0.05) is 5.10 Å². The van der Waals surface area contributed by atoms with Crippen molar-refractivity contribution in [2.75, 3.05) is 11.9 Å². The summed E-state index contributed by atoms with van der Waals surface area (Å²) in [6.45, 7) is 2.51. The first-order valence-corrected chi connectivity index (χ1v) is 8.70. The molecule has 3 aromatic heterocycles. The smallest absolute Gasteiger partial charge is 0.288 e. The lowest BCUT2D eigenvalue weighted by molar-refractivity contribution is 0.340. The van der Waals surface area contributed by atoms with Crippen LogP contribution in [0, 0.1) is 0 Å². The molecule has 0 fully saturated rings. The van der Waals surface area contributed by atoms with E-state index >= 15 is 0 Å². The molecule has 0 unspecified atom stereocenters. The van der Waals surface area contributed by atoms with E-state index in [1.165, 1.54) is 0 Å². The highest BCUT2D eigenvalue weighted by Gasteiger charge is 2.35. The SMILES string of the molecule is CCOc1ccc(-c2n[nH]c(=O)c3c2[C@H](c2ccco2)n2nnnc2N3)cc1. The number of hydrogen-bond acceptors (Lipinski definition) is 8. The number of tetrazole rings is 1. The zero-order chi connectivity index (χ0) is 19.1. The van der Waals surface area contributed by atoms with Crippen LogP contribution >= 0.6 is 0 Å². The molecule has 0 aliphatic carbocycles. The van der Waals surface area contributed by atoms with Gasteiger partial charge in [-0.05, 0) is 53.7 Å². The molecule has 0 spiro atoms. The van der Waals surface area contributed by atoms with Crippen molar-refractivity contribution in [3.05, 3.63) is 64.3 Å². The Morgan fingerprint density at radius 2 is 2.11 bits per heavy atom. The molecular formula is C18H15N7O3. The third-order valence-corrected chi connectivity index (χ3v) is 4.52. The van der Waals surface area contributed by atoms with E-state index in [1.54, 1.807) is 17.0 Å². The van der Waals surface area contributed by atoms with E-state index in [4.69, 9.17) is 9.15 Å². The summed E-state index contributed by atoms with van der Waals surface area (Å²) < 4.78 is 12.7. The van der Waals surface area contributed by atoms with Crippen LogP contribution < -0.4 is 15.6 Å². The summed E-state index contributed by atoms with van der Waals surface area (Å²) in [5.41, 5.74) is 2.00. The molecule has 2 N–H and O–H groups in total. The number of anilines is 2. The van der Waals surface area contributed by atoms with Gasteiger partial charge in [0.2, 0.25) is 5.95 Å². The molecule has 140 valence electrons. The number of rotatable bonds is 4. The van der Waals surface area contributed by atoms with Crippen molar-refractivity contribution in [1.29, 1.82) is 0 Å². The molecule has 0 amide bonds. The van der Waals surface area contributed by atoms with Crippen LogP contribution in [0.25, 0.3) is 11.3 Å². The maximum atomic E-state index is 12.5. The molecule has 28 heavy (non-hydrogen) atoms. The monoisotopic (exact) mass is 377 g/mol. The van der Waals surface area contributed by atoms with Crippen molar-refractivity contribution < 1.29 is 9.15 Å². The lowest BCUT2D eigenvalue weighted by Gasteiger charge is -2.26. The first-order valence-electron chi connectivity index (χ1n) is 8.70. The van der Waals surface area contributed by atoms with Gasteiger partial charge < -0.3 is 14.5 Å². The molecule has 4 heterocycles. The van der Waals surface area contributed by atoms with Gasteiger partial charge in [-0.25, -0.2) is 5.10 Å². The van der Waals surface area contributed by atoms with Crippen molar-refractivity contribution in [1.82, 2.24) is 30.4 Å². The number of H-pyrrole nitrogens is 1. The molecule has 1 aliphatic heterocycles. The van der Waals surface area contributed by atoms with Crippen molar-refractivity contribution in [2.45, 2.75) is 13.0 Å². The number of aromatic amines is 1. The number of fused-ring (bicyclic) bond motifs is 2. The summed E-state index contributed by atoms with van der Waals surface area (Å²) in [6.07, 6.45) is 1.57. The highest BCUT2D eigenvalue weighted by molar-refractivity contribution is 5.75. The lowest BCUT2D eigenvalue weighted by atomic mass is 9.96. The van der Waals surface area contributed by atoms with Crippen LogP contribution in [0.3, 0.4) is 0 Å². The van der Waals surface area contributed by atoms with Gasteiger partial charge in [0.25, 0.3) is 5.56 Å². The third kappa shape index (κ3) is 2.46. The molecular weight excluding hydrogens is 362 g/mol. The summed E-state index contributed by atoms with van der Waals surface area (Å²) in [4.78, 5) is 12.5. The minimum absolute atomic E-state index is 0.336. The van der Waals surface area contributed by atoms with Gasteiger partial charge in [0.15, 0.2) is 0 Å². The molecule has 1 aliphatic rings. The second kappa shape index (κ2) is 6.34. The number of aromatic nitrogens is 6. The molecule has 1 aromatic carbocycles. The van der Waals surface area contributed by atoms with E-state index in [0.717, 1.165) is 11.3 Å². The van der Waals surface area contributed by atoms with Gasteiger partial charge in [0, 0.05) is 11.1 Å². The summed E-state index contributed by atoms with van der Waals surface area (Å²) >= 11 is 0. The molecule has 5 rings (SSSR count). The lowest BCUT2D eigenvalue weighted by Crippen LogP contribution is -2.28. The third-order valence-electron chi connectivity index (χ3n) is 4.52. The minimum Gasteiger partial charge on any atom is -0.494 e. The summed E-state index contributed by atoms with van der Waals surface area (Å²) in [6, 6.07) is 10.6. The average molecular weight is 377 g/mol. The molecule has 4 aromatic rings. The minimum atomic E-state index is -0.535. The first kappa shape index (κ1) is 16.2. The number of benzene rings is 1. The zero-order valence-electron chi connectivity index (χ0n) is 14.8. The van der Waals surface area contributed by atoms with E-state index in [0.29, 0.717) is 35.3 Å². The van der Waals surface area contributed by atoms with Gasteiger partial charge in [-0.2, -0.15) is 9.78 Å². The summed E-state index contributed by atoms with van der Waals surface area (Å²) in [5.74, 6) is 1.70. The Balaban J connectivity index is 1.73. The van der Waals surface area contributed by atoms with Gasteiger partial charge in [0.05, 0.1) is 18.6 Å². The van der Waals surface area contributed by atoms with Crippen molar-refractivity contribution in [3.8, 4) is 17.0 Å². The molecule has 0 bridgehead atoms. The van der Waals surface area contributed by atoms with Crippen molar-refractivity contribution in [3.63, 3.8) is 0 Å². The van der Waals surface area contributed by atoms with Crippen molar-refractivity contribution >= 4 is 11.6 Å². The number of furan rings is 1. The molecule has 10 heteroatoms. The number of nitrogens with zero attached hydrogens (tertiary/aromatic N) is 5. The first-order chi connectivity index (χ1) is 13.8. The Kier molecular flexibility index (Phi) is 3.68. The highest BCUT2D eigenvalue weighted by Crippen LogP contribution is 2.41. The van der Waals surface area contributed by atoms with Crippen LogP contribution in [0.1, 0.15) is 24.3 Å². The fourth-order valence-electron chi connectivity index (χ4n) is 3.34. The van der Waals surface area contributed by atoms with Gasteiger partial charge in [-0.15, -0.1) is 0 Å². The normalized spacial score (nSPS) is 14.8. The molecule has 0 radical (unpaired) electrons. The summed E-state index contributed by atoms with van der Waals surface area (Å²) in [7, 11) is 0. The topological polar surface area (TPSA) is 124 Å². The highest BCUT2D eigenvalue weighted by atomic mass is 16.5. The molecule has 0 saturated heterocycles. The van der Waals surface area contributed by atoms with Gasteiger partial charge in [-0.3, -0.25) is 4.79 Å². The second-order valence-electron chi connectivity index (χ2n) is 6.14. The van der Waals surface area contributed by atoms with E-state index in [9.17, 15) is 4.79 Å². The van der Waals surface area contributed by atoms with Crippen molar-refractivity contribution in [2.24, 2.45) is 0 Å². The largest absolute Gasteiger partial charge is 0.494 e. The zero-order valence-corrected chi connectivity index (χ0v) is 14.8. The number of ether oxygens (including phenoxy) is 1. The predicted molar refractivity (Wildman–Crippen MR) is 98.5 cm³/mol. The Morgan fingerprint density at radius 1 is 1.25 bits per heavy atom. The quantitative estimate of drug-likeness (QED) is 0.488. The molecule has 1 atom stereocenters. The fourth-order valence-corrected chi connectivity index (χ4v) is 3.34. The molecule has 10 nitrogen and oxygen atoms in total. The average Bonchev–Trinajstić information content (AvgIpc) is 3.40. The van der Waals surface area contributed by atoms with E-state index < -0.39 is 6.04 Å². The standard InChI is InChI=1S/C18H15N7O3/c1-2-27-11-7-5-10(6-8-11)14-13-15(17(26)21-20-14)19-18-22-23-24-25(18)16(13)12-4-3-9-28-12/h3-9,16H,2H2,1H3,(H,21,26)(H,19,22,24)/t16-/m0/s1. The van der Waals surface area contributed by atoms with E-state index in [1.807, 2.05) is 37.3 Å². The van der Waals surface area contributed by atoms with Crippen LogP contribution in [0.5, 0.6) is 5.75 Å². The maximum absolute atomic E-state index is 12.5. The Hall–Kier alpha value is -3.95. The second-order valence-corrected chi connectivity index (χ2v) is 6.14. The van der Waals surface area contributed by atoms with E-state index in [2.05, 4.69) is 31.0 Å². The van der Waals surface area contributed by atoms with Crippen LogP contribution in [-0.4, -0.2) is 37.0 Å². The number of nitrogens with one attached hydrogen (secondary N) is 2. The molecule has 0 saturated carbocycles. The maximum Gasteiger partial charge on any atom is 0.288 e. The van der Waals surface area contributed by atoms with Gasteiger partial charge >= 0.3 is 0 Å². The fraction of sp³-hybridized carbons (Fsp3) is 0.167. The predicted octanol–water partition coefficient (Wildman–Crippen LogP) is 2.11. The summed E-state index contributed by atoms with van der Waals surface area (Å²) in [5, 5.41) is 21.6. The van der Waals surface area contributed by atoms with Crippen LogP contribution in [0.15, 0.2) is 51.9 Å². The Morgan fingerprint density at radius 3 is 2.86 bits per heavy atom. The van der Waals surface area contributed by atoms with E-state index in [-0.39, 0.29) is 5.56 Å². The van der Waals surface area contributed by atoms with Crippen LogP contribution in [0.4, 0.5) is 11.6 Å².